The number of sulfonamides is 1. The number of aliphatic hydroxyl groups is 1. The lowest BCUT2D eigenvalue weighted by Gasteiger charge is -2.31. The third-order valence-electron chi connectivity index (χ3n) is 8.69. The second kappa shape index (κ2) is 15.8. The third-order valence-corrected chi connectivity index (χ3v) is 10.5. The number of aliphatic hydroxyl groups excluding tert-OH is 1. The number of benzene rings is 2. The van der Waals surface area contributed by atoms with Crippen LogP contribution < -0.4 is 19.5 Å². The summed E-state index contributed by atoms with van der Waals surface area (Å²) < 4.78 is 64.5. The number of nitrogens with one attached hydrogen (secondary N) is 1. The molecule has 0 saturated carbocycles. The fourth-order valence-corrected chi connectivity index (χ4v) is 7.82. The van der Waals surface area contributed by atoms with E-state index in [0.717, 1.165) is 18.5 Å². The van der Waals surface area contributed by atoms with Gasteiger partial charge in [0, 0.05) is 44.5 Å². The predicted molar refractivity (Wildman–Crippen MR) is 176 cm³/mol. The van der Waals surface area contributed by atoms with Gasteiger partial charge in [-0.1, -0.05) is 26.0 Å². The van der Waals surface area contributed by atoms with Gasteiger partial charge in [0.1, 0.15) is 11.9 Å². The number of nitrogens with zero attached hydrogens (tertiary/aromatic N) is 3. The van der Waals surface area contributed by atoms with E-state index >= 15 is 0 Å². The smallest absolute Gasteiger partial charge is 0.407 e. The van der Waals surface area contributed by atoms with Gasteiger partial charge in [-0.3, -0.25) is 4.68 Å². The molecule has 1 amide bonds. The van der Waals surface area contributed by atoms with Crippen LogP contribution in [-0.2, 0) is 37.2 Å². The molecule has 4 heterocycles. The molecule has 3 aliphatic rings. The molecule has 0 bridgehead atoms. The van der Waals surface area contributed by atoms with Gasteiger partial charge < -0.3 is 38.8 Å². The van der Waals surface area contributed by atoms with Crippen molar-refractivity contribution in [2.24, 2.45) is 11.8 Å². The Morgan fingerprint density at radius 2 is 1.94 bits per heavy atom. The first kappa shape index (κ1) is 35.0. The van der Waals surface area contributed by atoms with Gasteiger partial charge in [0.05, 0.1) is 42.8 Å². The topological polar surface area (TPSA) is 160 Å². The minimum Gasteiger partial charge on any atom is -0.494 e. The summed E-state index contributed by atoms with van der Waals surface area (Å²) >= 11 is 0. The van der Waals surface area contributed by atoms with Gasteiger partial charge >= 0.3 is 6.09 Å². The van der Waals surface area contributed by atoms with Gasteiger partial charge in [0.2, 0.25) is 16.8 Å². The number of ether oxygens (including phenoxy) is 6. The quantitative estimate of drug-likeness (QED) is 0.211. The van der Waals surface area contributed by atoms with Crippen LogP contribution in [0.1, 0.15) is 32.3 Å². The summed E-state index contributed by atoms with van der Waals surface area (Å²) in [5.41, 5.74) is 0.802. The Bertz CT molecular complexity index is 1640. The molecule has 6 rings (SSSR count). The van der Waals surface area contributed by atoms with Gasteiger partial charge in [0.15, 0.2) is 17.8 Å². The summed E-state index contributed by atoms with van der Waals surface area (Å²) in [7, 11) is -4.07. The minimum atomic E-state index is -4.07. The van der Waals surface area contributed by atoms with E-state index in [9.17, 15) is 18.3 Å². The molecule has 2 aromatic carbocycles. The maximum atomic E-state index is 13.9. The number of carbonyl (C=O) groups excluding carboxylic acids is 1. The highest BCUT2D eigenvalue weighted by atomic mass is 32.2. The average molecular weight is 701 g/mol. The number of fused-ring (bicyclic) bond motifs is 2. The van der Waals surface area contributed by atoms with Crippen molar-refractivity contribution >= 4 is 16.1 Å². The first-order chi connectivity index (χ1) is 23.7. The van der Waals surface area contributed by atoms with E-state index < -0.39 is 40.7 Å². The van der Waals surface area contributed by atoms with E-state index in [-0.39, 0.29) is 49.6 Å². The second-order valence-electron chi connectivity index (χ2n) is 12.8. The number of rotatable bonds is 16. The van der Waals surface area contributed by atoms with Crippen molar-refractivity contribution in [1.82, 2.24) is 19.4 Å². The number of hydrogen-bond donors (Lipinski definition) is 2. The fraction of sp³-hybridized carbons (Fsp3) is 0.529. The molecule has 266 valence electrons. The van der Waals surface area contributed by atoms with Crippen LogP contribution in [0.5, 0.6) is 17.2 Å². The van der Waals surface area contributed by atoms with Crippen molar-refractivity contribution in [3.8, 4) is 17.2 Å². The van der Waals surface area contributed by atoms with Gasteiger partial charge in [-0.15, -0.1) is 0 Å². The number of aryl methyl sites for hydroxylation is 1. The number of hydrogen-bond acceptors (Lipinski definition) is 11. The number of aromatic nitrogens is 2. The maximum Gasteiger partial charge on any atom is 0.407 e. The Morgan fingerprint density at radius 3 is 2.71 bits per heavy atom. The van der Waals surface area contributed by atoms with Crippen LogP contribution in [0, 0.1) is 11.8 Å². The van der Waals surface area contributed by atoms with Crippen molar-refractivity contribution in [3.63, 3.8) is 0 Å². The molecular formula is C34H44N4O10S. The second-order valence-corrected chi connectivity index (χ2v) is 14.8. The predicted octanol–water partition coefficient (Wildman–Crippen LogP) is 3.19. The summed E-state index contributed by atoms with van der Waals surface area (Å²) in [6, 6.07) is 12.8. The molecule has 2 saturated heterocycles. The van der Waals surface area contributed by atoms with Gasteiger partial charge in [0.25, 0.3) is 0 Å². The number of amides is 1. The third kappa shape index (κ3) is 8.83. The molecule has 5 atom stereocenters. The summed E-state index contributed by atoms with van der Waals surface area (Å²) in [5.74, 6) is 1.37. The molecule has 3 unspecified atom stereocenters. The maximum absolute atomic E-state index is 13.9. The molecule has 2 fully saturated rings. The molecule has 2 N–H and O–H groups in total. The molecule has 0 aliphatic carbocycles. The van der Waals surface area contributed by atoms with E-state index in [2.05, 4.69) is 10.4 Å². The van der Waals surface area contributed by atoms with Crippen molar-refractivity contribution in [3.05, 3.63) is 66.5 Å². The molecule has 3 aromatic rings. The van der Waals surface area contributed by atoms with Crippen molar-refractivity contribution in [1.29, 1.82) is 0 Å². The molecule has 0 spiro atoms. The molecule has 49 heavy (non-hydrogen) atoms. The van der Waals surface area contributed by atoms with Crippen LogP contribution in [-0.4, -0.2) is 97.9 Å². The number of alkyl carbamates (subject to hydrolysis) is 1. The molecule has 15 heteroatoms. The summed E-state index contributed by atoms with van der Waals surface area (Å²) in [6.07, 6.45) is 2.44. The van der Waals surface area contributed by atoms with Crippen LogP contribution in [0.2, 0.25) is 0 Å². The molecule has 3 aliphatic heterocycles. The Labute approximate surface area is 286 Å². The van der Waals surface area contributed by atoms with Crippen LogP contribution >= 0.6 is 0 Å². The van der Waals surface area contributed by atoms with Crippen LogP contribution in [0.25, 0.3) is 0 Å². The zero-order valence-corrected chi connectivity index (χ0v) is 28.5. The lowest BCUT2D eigenvalue weighted by molar-refractivity contribution is -0.0907. The Kier molecular flexibility index (Phi) is 11.2. The lowest BCUT2D eigenvalue weighted by Crippen LogP contribution is -2.51. The zero-order valence-electron chi connectivity index (χ0n) is 27.7. The molecule has 1 aromatic heterocycles. The summed E-state index contributed by atoms with van der Waals surface area (Å²) in [5, 5.41) is 18.7. The van der Waals surface area contributed by atoms with Crippen molar-refractivity contribution in [2.45, 2.75) is 69.1 Å². The summed E-state index contributed by atoms with van der Waals surface area (Å²) in [6.45, 7) is 5.67. The van der Waals surface area contributed by atoms with Crippen LogP contribution in [0.4, 0.5) is 4.79 Å². The van der Waals surface area contributed by atoms with Crippen molar-refractivity contribution < 1.29 is 46.7 Å². The minimum absolute atomic E-state index is 0.0112. The van der Waals surface area contributed by atoms with E-state index in [4.69, 9.17) is 28.4 Å². The largest absolute Gasteiger partial charge is 0.494 e. The standard InChI is InChI=1S/C34H44N4O10S/c1-23(2)19-38(49(41,42)26-9-10-30-31(18-26)47-22-46-30)20-29(39)28(36-34(40)48-32-21-45-33-27(32)11-16-44-33)17-24-5-7-25(8-6-24)43-15-4-14-37-13-3-12-35-37/h3,5-10,12-13,18,23,27-29,32-33,39H,4,11,14-17,19-22H2,1-2H3,(H,36,40)/t27?,28-,29+,32?,33?/m0/s1. The van der Waals surface area contributed by atoms with Gasteiger partial charge in [-0.25, -0.2) is 13.2 Å². The molecule has 0 radical (unpaired) electrons. The first-order valence-corrected chi connectivity index (χ1v) is 18.1. The number of carbonyl (C=O) groups is 1. The molecular weight excluding hydrogens is 656 g/mol. The van der Waals surface area contributed by atoms with E-state index in [1.54, 1.807) is 12.3 Å². The van der Waals surface area contributed by atoms with E-state index in [1.807, 2.05) is 55.1 Å². The fourth-order valence-electron chi connectivity index (χ4n) is 6.18. The van der Waals surface area contributed by atoms with Gasteiger partial charge in [-0.2, -0.15) is 9.40 Å². The van der Waals surface area contributed by atoms with Gasteiger partial charge in [-0.05, 0) is 54.7 Å². The highest BCUT2D eigenvalue weighted by Gasteiger charge is 2.44. The van der Waals surface area contributed by atoms with E-state index in [0.29, 0.717) is 36.9 Å². The highest BCUT2D eigenvalue weighted by Crippen LogP contribution is 2.35. The lowest BCUT2D eigenvalue weighted by atomic mass is 10.0. The van der Waals surface area contributed by atoms with Crippen LogP contribution in [0.3, 0.4) is 0 Å². The molecule has 14 nitrogen and oxygen atoms in total. The SMILES string of the molecule is CC(C)CN(C[C@@H](O)[C@H](Cc1ccc(OCCCn2cccn2)cc1)NC(=O)OC1COC2OCCC12)S(=O)(=O)c1ccc2c(c1)OCO2. The Morgan fingerprint density at radius 1 is 1.12 bits per heavy atom. The van der Waals surface area contributed by atoms with Crippen molar-refractivity contribution in [2.75, 3.05) is 39.7 Å². The van der Waals surface area contributed by atoms with E-state index in [1.165, 1.54) is 16.4 Å². The highest BCUT2D eigenvalue weighted by molar-refractivity contribution is 7.89. The monoisotopic (exact) mass is 700 g/mol. The Hall–Kier alpha value is -3.89. The Balaban J connectivity index is 1.15. The van der Waals surface area contributed by atoms with Crippen LogP contribution in [0.15, 0.2) is 65.8 Å². The average Bonchev–Trinajstić information content (AvgIpc) is 3.90. The summed E-state index contributed by atoms with van der Waals surface area (Å²) in [4.78, 5) is 13.3. The normalized spacial score (nSPS) is 21.1. The zero-order chi connectivity index (χ0) is 34.4. The first-order valence-electron chi connectivity index (χ1n) is 16.6.